The number of hydrogen-bond donors (Lipinski definition) is 0. The number of rotatable bonds is 9. The van der Waals surface area contributed by atoms with E-state index in [0.717, 1.165) is 24.7 Å². The zero-order chi connectivity index (χ0) is 12.0. The lowest BCUT2D eigenvalue weighted by molar-refractivity contribution is 0.178. The Hall–Kier alpha value is 0.137. The summed E-state index contributed by atoms with van der Waals surface area (Å²) in [4.78, 5) is 0. The van der Waals surface area contributed by atoms with Crippen molar-refractivity contribution in [1.82, 2.24) is 0 Å². The Morgan fingerprint density at radius 2 is 1.69 bits per heavy atom. The molecule has 1 unspecified atom stereocenters. The summed E-state index contributed by atoms with van der Waals surface area (Å²) in [6.45, 7) is 10.5. The van der Waals surface area contributed by atoms with E-state index in [1.807, 2.05) is 0 Å². The second-order valence-electron chi connectivity index (χ2n) is 5.00. The quantitative estimate of drug-likeness (QED) is 0.568. The highest BCUT2D eigenvalue weighted by molar-refractivity contribution is 6.69. The van der Waals surface area contributed by atoms with Crippen molar-refractivity contribution in [3.8, 4) is 0 Å². The lowest BCUT2D eigenvalue weighted by Gasteiger charge is -2.31. The van der Waals surface area contributed by atoms with E-state index in [9.17, 15) is 0 Å². The summed E-state index contributed by atoms with van der Waals surface area (Å²) >= 11 is 0. The van der Waals surface area contributed by atoms with Crippen molar-refractivity contribution in [3.05, 3.63) is 0 Å². The molecule has 0 bridgehead atoms. The summed E-state index contributed by atoms with van der Waals surface area (Å²) in [6, 6.07) is 1.20. The second kappa shape index (κ2) is 6.77. The summed E-state index contributed by atoms with van der Waals surface area (Å²) in [6.07, 6.45) is 5.23. The van der Waals surface area contributed by atoms with Crippen LogP contribution in [0.15, 0.2) is 0 Å². The topological polar surface area (TPSA) is 18.5 Å². The van der Waals surface area contributed by atoms with Gasteiger partial charge in [-0.25, -0.2) is 0 Å². The van der Waals surface area contributed by atoms with Crippen LogP contribution in [0.5, 0.6) is 0 Å². The van der Waals surface area contributed by atoms with Crippen molar-refractivity contribution in [2.45, 2.75) is 65.0 Å². The van der Waals surface area contributed by atoms with Crippen LogP contribution in [0.1, 0.15) is 53.4 Å². The van der Waals surface area contributed by atoms with Crippen LogP contribution in [-0.4, -0.2) is 21.8 Å². The number of hydrogen-bond acceptors (Lipinski definition) is 2. The van der Waals surface area contributed by atoms with E-state index in [0.29, 0.717) is 0 Å². The molecule has 0 N–H and O–H groups in total. The van der Waals surface area contributed by atoms with Crippen molar-refractivity contribution < 1.29 is 8.85 Å². The molecule has 2 nitrogen and oxygen atoms in total. The van der Waals surface area contributed by atoms with E-state index in [4.69, 9.17) is 8.85 Å². The van der Waals surface area contributed by atoms with Crippen molar-refractivity contribution in [2.75, 3.05) is 13.2 Å². The van der Waals surface area contributed by atoms with Gasteiger partial charge in [-0.05, 0) is 45.1 Å². The smallest absolute Gasteiger partial charge is 0.341 e. The van der Waals surface area contributed by atoms with Gasteiger partial charge in [0.1, 0.15) is 0 Å². The van der Waals surface area contributed by atoms with Crippen LogP contribution in [0, 0.1) is 5.92 Å². The van der Waals surface area contributed by atoms with Crippen LogP contribution >= 0.6 is 0 Å². The second-order valence-corrected chi connectivity index (χ2v) is 8.52. The van der Waals surface area contributed by atoms with Crippen LogP contribution in [0.3, 0.4) is 0 Å². The van der Waals surface area contributed by atoms with Gasteiger partial charge >= 0.3 is 8.56 Å². The van der Waals surface area contributed by atoms with E-state index in [1.54, 1.807) is 0 Å². The van der Waals surface area contributed by atoms with Crippen LogP contribution in [0.25, 0.3) is 0 Å². The van der Waals surface area contributed by atoms with E-state index in [1.165, 1.54) is 31.7 Å². The first kappa shape index (κ1) is 14.2. The van der Waals surface area contributed by atoms with Gasteiger partial charge in [-0.3, -0.25) is 0 Å². The molecule has 1 saturated carbocycles. The van der Waals surface area contributed by atoms with Crippen molar-refractivity contribution >= 4 is 8.56 Å². The minimum atomic E-state index is -1.84. The zero-order valence-corrected chi connectivity index (χ0v) is 12.4. The molecule has 0 radical (unpaired) electrons. The maximum Gasteiger partial charge on any atom is 0.341 e. The fraction of sp³-hybridized carbons (Fsp3) is 1.00. The fourth-order valence-corrected chi connectivity index (χ4v) is 6.46. The molecule has 0 heterocycles. The predicted molar refractivity (Wildman–Crippen MR) is 70.9 cm³/mol. The normalized spacial score (nSPS) is 18.8. The molecule has 0 aromatic carbocycles. The lowest BCUT2D eigenvalue weighted by Crippen LogP contribution is -2.43. The molecule has 16 heavy (non-hydrogen) atoms. The third kappa shape index (κ3) is 3.86. The minimum Gasteiger partial charge on any atom is -0.394 e. The summed E-state index contributed by atoms with van der Waals surface area (Å²) < 4.78 is 12.2. The average Bonchev–Trinajstić information content (AvgIpc) is 3.10. The molecular weight excluding hydrogens is 216 g/mol. The van der Waals surface area contributed by atoms with Gasteiger partial charge in [-0.15, -0.1) is 0 Å². The molecule has 1 fully saturated rings. The van der Waals surface area contributed by atoms with Gasteiger partial charge in [-0.1, -0.05) is 20.3 Å². The van der Waals surface area contributed by atoms with E-state index < -0.39 is 8.56 Å². The van der Waals surface area contributed by atoms with Crippen LogP contribution in [-0.2, 0) is 8.85 Å². The third-order valence-electron chi connectivity index (χ3n) is 3.66. The van der Waals surface area contributed by atoms with Gasteiger partial charge in [0.15, 0.2) is 0 Å². The first-order chi connectivity index (χ1) is 7.68. The molecule has 1 aliphatic carbocycles. The Labute approximate surface area is 102 Å². The minimum absolute atomic E-state index is 0.788. The summed E-state index contributed by atoms with van der Waals surface area (Å²) in [7, 11) is -1.84. The van der Waals surface area contributed by atoms with E-state index >= 15 is 0 Å². The Bertz CT molecular complexity index is 186. The predicted octanol–water partition coefficient (Wildman–Crippen LogP) is 4.10. The van der Waals surface area contributed by atoms with Crippen molar-refractivity contribution in [1.29, 1.82) is 0 Å². The largest absolute Gasteiger partial charge is 0.394 e. The highest BCUT2D eigenvalue weighted by Crippen LogP contribution is 2.48. The van der Waals surface area contributed by atoms with E-state index in [2.05, 4.69) is 27.7 Å². The Balaban J connectivity index is 2.52. The SMILES string of the molecule is CCO[Si](CCC(C)CC)(OCC)C1CC1. The summed E-state index contributed by atoms with van der Waals surface area (Å²) in [5.74, 6) is 0.812. The Morgan fingerprint density at radius 3 is 2.06 bits per heavy atom. The van der Waals surface area contributed by atoms with Gasteiger partial charge in [0, 0.05) is 18.8 Å². The maximum absolute atomic E-state index is 6.11. The summed E-state index contributed by atoms with van der Waals surface area (Å²) in [5, 5.41) is 0. The molecule has 1 atom stereocenters. The molecule has 0 aromatic heterocycles. The van der Waals surface area contributed by atoms with Gasteiger partial charge in [0.25, 0.3) is 0 Å². The molecule has 96 valence electrons. The summed E-state index contributed by atoms with van der Waals surface area (Å²) in [5.41, 5.74) is 0.788. The van der Waals surface area contributed by atoms with Crippen molar-refractivity contribution in [3.63, 3.8) is 0 Å². The standard InChI is InChI=1S/C13H28O2Si/c1-5-12(4)10-11-16(14-6-2,15-7-3)13-8-9-13/h12-13H,5-11H2,1-4H3. The highest BCUT2D eigenvalue weighted by Gasteiger charge is 2.51. The molecule has 3 heteroatoms. The Kier molecular flexibility index (Phi) is 6.01. The average molecular weight is 244 g/mol. The monoisotopic (exact) mass is 244 g/mol. The fourth-order valence-electron chi connectivity index (χ4n) is 2.29. The molecule has 0 aliphatic heterocycles. The lowest BCUT2D eigenvalue weighted by atomic mass is 10.1. The van der Waals surface area contributed by atoms with E-state index in [-0.39, 0.29) is 0 Å². The molecule has 0 spiro atoms. The molecular formula is C13H28O2Si. The third-order valence-corrected chi connectivity index (χ3v) is 8.02. The van der Waals surface area contributed by atoms with Crippen molar-refractivity contribution in [2.24, 2.45) is 5.92 Å². The van der Waals surface area contributed by atoms with Gasteiger partial charge in [0.05, 0.1) is 0 Å². The van der Waals surface area contributed by atoms with Gasteiger partial charge < -0.3 is 8.85 Å². The van der Waals surface area contributed by atoms with Crippen LogP contribution in [0.4, 0.5) is 0 Å². The molecule has 1 rings (SSSR count). The maximum atomic E-state index is 6.11. The first-order valence-corrected chi connectivity index (χ1v) is 9.06. The highest BCUT2D eigenvalue weighted by atomic mass is 28.4. The van der Waals surface area contributed by atoms with Gasteiger partial charge in [0.2, 0.25) is 0 Å². The first-order valence-electron chi connectivity index (χ1n) is 6.96. The molecule has 0 saturated heterocycles. The molecule has 0 aromatic rings. The van der Waals surface area contributed by atoms with Gasteiger partial charge in [-0.2, -0.15) is 0 Å². The van der Waals surface area contributed by atoms with Crippen LogP contribution < -0.4 is 0 Å². The van der Waals surface area contributed by atoms with Crippen LogP contribution in [0.2, 0.25) is 11.6 Å². The Morgan fingerprint density at radius 1 is 1.12 bits per heavy atom. The zero-order valence-electron chi connectivity index (χ0n) is 11.4. The molecule has 0 amide bonds. The molecule has 1 aliphatic rings.